The average Bonchev–Trinajstić information content (AvgIpc) is 2.72. The summed E-state index contributed by atoms with van der Waals surface area (Å²) in [6.07, 6.45) is 3.63. The second-order valence-corrected chi connectivity index (χ2v) is 8.10. The van der Waals surface area contributed by atoms with Crippen LogP contribution in [-0.4, -0.2) is 34.9 Å². The summed E-state index contributed by atoms with van der Waals surface area (Å²) >= 11 is 0. The topological polar surface area (TPSA) is 72.1 Å². The van der Waals surface area contributed by atoms with E-state index in [1.165, 1.54) is 5.56 Å². The van der Waals surface area contributed by atoms with Crippen molar-refractivity contribution in [2.24, 2.45) is 0 Å². The SMILES string of the molecule is Cc1ccc2c(c1)nc(N)c1ncc(CCc3ccc(C(=O)N(C)C)cc3C)cc12. The molecule has 0 radical (unpaired) electrons. The fraction of sp³-hybridized carbons (Fsp3) is 0.240. The highest BCUT2D eigenvalue weighted by atomic mass is 16.2. The lowest BCUT2D eigenvalue weighted by Gasteiger charge is -2.13. The zero-order valence-corrected chi connectivity index (χ0v) is 17.9. The van der Waals surface area contributed by atoms with Crippen LogP contribution in [0, 0.1) is 13.8 Å². The van der Waals surface area contributed by atoms with Crippen LogP contribution in [0.4, 0.5) is 5.82 Å². The van der Waals surface area contributed by atoms with Gasteiger partial charge in [-0.05, 0) is 73.2 Å². The lowest BCUT2D eigenvalue weighted by Crippen LogP contribution is -2.21. The van der Waals surface area contributed by atoms with Gasteiger partial charge in [0.1, 0.15) is 5.52 Å². The molecular formula is C25H26N4O. The van der Waals surface area contributed by atoms with Crippen LogP contribution in [-0.2, 0) is 12.8 Å². The molecule has 2 aromatic carbocycles. The van der Waals surface area contributed by atoms with Crippen LogP contribution < -0.4 is 5.73 Å². The zero-order chi connectivity index (χ0) is 21.4. The van der Waals surface area contributed by atoms with E-state index >= 15 is 0 Å². The Morgan fingerprint density at radius 2 is 1.80 bits per heavy atom. The summed E-state index contributed by atoms with van der Waals surface area (Å²) in [4.78, 5) is 22.9. The monoisotopic (exact) mass is 398 g/mol. The molecule has 0 aliphatic heterocycles. The molecule has 0 bridgehead atoms. The minimum absolute atomic E-state index is 0.0247. The molecule has 0 aliphatic carbocycles. The van der Waals surface area contributed by atoms with E-state index in [4.69, 9.17) is 5.73 Å². The molecule has 5 nitrogen and oxygen atoms in total. The van der Waals surface area contributed by atoms with Crippen molar-refractivity contribution in [1.82, 2.24) is 14.9 Å². The summed E-state index contributed by atoms with van der Waals surface area (Å²) in [6, 6.07) is 14.3. The number of nitrogens with zero attached hydrogens (tertiary/aromatic N) is 3. The number of aryl methyl sites for hydroxylation is 4. The standard InChI is InChI=1S/C25H26N4O/c1-15-5-10-20-21-13-17(14-27-23(21)24(26)28-22(20)11-15)6-7-18-8-9-19(12-16(18)2)25(30)29(3)4/h5,8-14H,6-7H2,1-4H3,(H2,26,28). The first-order valence-corrected chi connectivity index (χ1v) is 10.1. The summed E-state index contributed by atoms with van der Waals surface area (Å²) < 4.78 is 0. The van der Waals surface area contributed by atoms with E-state index in [0.717, 1.165) is 56.9 Å². The van der Waals surface area contributed by atoms with Crippen LogP contribution in [0.15, 0.2) is 48.7 Å². The van der Waals surface area contributed by atoms with Crippen molar-refractivity contribution in [1.29, 1.82) is 0 Å². The molecule has 0 unspecified atom stereocenters. The Morgan fingerprint density at radius 1 is 1.00 bits per heavy atom. The molecule has 0 saturated carbocycles. The molecular weight excluding hydrogens is 372 g/mol. The third-order valence-electron chi connectivity index (χ3n) is 5.55. The Labute approximate surface area is 176 Å². The van der Waals surface area contributed by atoms with E-state index in [1.807, 2.05) is 18.3 Å². The molecule has 2 heterocycles. The second kappa shape index (κ2) is 7.75. The number of carbonyl (C=O) groups is 1. The van der Waals surface area contributed by atoms with Gasteiger partial charge in [0, 0.05) is 36.6 Å². The predicted molar refractivity (Wildman–Crippen MR) is 123 cm³/mol. The number of fused-ring (bicyclic) bond motifs is 3. The smallest absolute Gasteiger partial charge is 0.253 e. The van der Waals surface area contributed by atoms with Gasteiger partial charge in [-0.1, -0.05) is 18.2 Å². The van der Waals surface area contributed by atoms with Crippen LogP contribution in [0.2, 0.25) is 0 Å². The van der Waals surface area contributed by atoms with Crippen LogP contribution >= 0.6 is 0 Å². The Hall–Kier alpha value is -3.47. The number of pyridine rings is 2. The maximum absolute atomic E-state index is 12.2. The van der Waals surface area contributed by atoms with Gasteiger partial charge in [0.15, 0.2) is 5.82 Å². The van der Waals surface area contributed by atoms with E-state index in [0.29, 0.717) is 5.82 Å². The second-order valence-electron chi connectivity index (χ2n) is 8.10. The van der Waals surface area contributed by atoms with Crippen LogP contribution in [0.3, 0.4) is 0 Å². The third-order valence-corrected chi connectivity index (χ3v) is 5.55. The summed E-state index contributed by atoms with van der Waals surface area (Å²) in [7, 11) is 3.54. The molecule has 0 atom stereocenters. The molecule has 30 heavy (non-hydrogen) atoms. The molecule has 0 saturated heterocycles. The molecule has 1 amide bonds. The largest absolute Gasteiger partial charge is 0.382 e. The molecule has 5 heteroatoms. The number of nitrogen functional groups attached to an aromatic ring is 1. The highest BCUT2D eigenvalue weighted by Crippen LogP contribution is 2.28. The van der Waals surface area contributed by atoms with Crippen molar-refractivity contribution < 1.29 is 4.79 Å². The summed E-state index contributed by atoms with van der Waals surface area (Å²) in [5.74, 6) is 0.489. The van der Waals surface area contributed by atoms with Gasteiger partial charge >= 0.3 is 0 Å². The van der Waals surface area contributed by atoms with Crippen molar-refractivity contribution >= 4 is 33.5 Å². The minimum atomic E-state index is 0.0247. The first-order valence-electron chi connectivity index (χ1n) is 10.1. The van der Waals surface area contributed by atoms with Crippen LogP contribution in [0.25, 0.3) is 21.8 Å². The van der Waals surface area contributed by atoms with Crippen molar-refractivity contribution in [3.05, 3.63) is 76.5 Å². The van der Waals surface area contributed by atoms with E-state index < -0.39 is 0 Å². The van der Waals surface area contributed by atoms with E-state index in [9.17, 15) is 4.79 Å². The molecule has 152 valence electrons. The molecule has 4 rings (SSSR count). The van der Waals surface area contributed by atoms with Crippen LogP contribution in [0.1, 0.15) is 32.6 Å². The van der Waals surface area contributed by atoms with Gasteiger partial charge in [0.05, 0.1) is 5.52 Å². The van der Waals surface area contributed by atoms with Gasteiger partial charge in [-0.3, -0.25) is 9.78 Å². The first kappa shape index (κ1) is 19.8. The van der Waals surface area contributed by atoms with E-state index in [1.54, 1.807) is 19.0 Å². The maximum Gasteiger partial charge on any atom is 0.253 e. The van der Waals surface area contributed by atoms with Crippen molar-refractivity contribution in [3.63, 3.8) is 0 Å². The molecule has 4 aromatic rings. The number of amides is 1. The van der Waals surface area contributed by atoms with Gasteiger partial charge in [-0.2, -0.15) is 0 Å². The summed E-state index contributed by atoms with van der Waals surface area (Å²) in [5.41, 5.74) is 13.2. The van der Waals surface area contributed by atoms with E-state index in [2.05, 4.69) is 54.1 Å². The number of hydrogen-bond donors (Lipinski definition) is 1. The number of hydrogen-bond acceptors (Lipinski definition) is 4. The lowest BCUT2D eigenvalue weighted by molar-refractivity contribution is 0.0827. The fourth-order valence-electron chi connectivity index (χ4n) is 3.85. The zero-order valence-electron chi connectivity index (χ0n) is 17.9. The van der Waals surface area contributed by atoms with Gasteiger partial charge in [0.2, 0.25) is 0 Å². The highest BCUT2D eigenvalue weighted by Gasteiger charge is 2.11. The van der Waals surface area contributed by atoms with E-state index in [-0.39, 0.29) is 5.91 Å². The molecule has 2 aromatic heterocycles. The molecule has 2 N–H and O–H groups in total. The first-order chi connectivity index (χ1) is 14.3. The number of carbonyl (C=O) groups excluding carboxylic acids is 1. The van der Waals surface area contributed by atoms with Gasteiger partial charge in [-0.15, -0.1) is 0 Å². The molecule has 0 fully saturated rings. The van der Waals surface area contributed by atoms with Gasteiger partial charge in [0.25, 0.3) is 5.91 Å². The average molecular weight is 399 g/mol. The normalized spacial score (nSPS) is 11.2. The fourth-order valence-corrected chi connectivity index (χ4v) is 3.85. The van der Waals surface area contributed by atoms with Gasteiger partial charge in [-0.25, -0.2) is 4.98 Å². The number of anilines is 1. The quantitative estimate of drug-likeness (QED) is 0.515. The number of rotatable bonds is 4. The summed E-state index contributed by atoms with van der Waals surface area (Å²) in [5, 5.41) is 2.11. The predicted octanol–water partition coefficient (Wildman–Crippen LogP) is 4.47. The minimum Gasteiger partial charge on any atom is -0.382 e. The molecule has 0 aliphatic rings. The number of aromatic nitrogens is 2. The van der Waals surface area contributed by atoms with Crippen molar-refractivity contribution in [3.8, 4) is 0 Å². The van der Waals surface area contributed by atoms with Crippen molar-refractivity contribution in [2.45, 2.75) is 26.7 Å². The Balaban J connectivity index is 1.63. The Morgan fingerprint density at radius 3 is 2.53 bits per heavy atom. The third kappa shape index (κ3) is 3.71. The number of benzene rings is 2. The Bertz CT molecular complexity index is 1280. The molecule has 0 spiro atoms. The Kier molecular flexibility index (Phi) is 5.12. The highest BCUT2D eigenvalue weighted by molar-refractivity contribution is 6.08. The van der Waals surface area contributed by atoms with Crippen molar-refractivity contribution in [2.75, 3.05) is 19.8 Å². The lowest BCUT2D eigenvalue weighted by atomic mass is 9.98. The summed E-state index contributed by atoms with van der Waals surface area (Å²) in [6.45, 7) is 4.11. The maximum atomic E-state index is 12.2. The van der Waals surface area contributed by atoms with Crippen LogP contribution in [0.5, 0.6) is 0 Å². The van der Waals surface area contributed by atoms with Gasteiger partial charge < -0.3 is 10.6 Å². The number of nitrogens with two attached hydrogens (primary N) is 1.